The van der Waals surface area contributed by atoms with Crippen molar-refractivity contribution in [3.8, 4) is 11.1 Å². The summed E-state index contributed by atoms with van der Waals surface area (Å²) in [5.74, 6) is -0.178. The molecule has 3 heterocycles. The SMILES string of the molecule is O=C(c1cnccn1)N1CCC[C@H](c2[nH]ncc2-c2ccc(C(F)(F)F)cc2)C1. The number of piperidine rings is 1. The number of nitrogens with one attached hydrogen (secondary N) is 1. The van der Waals surface area contributed by atoms with Crippen LogP contribution in [0.1, 0.15) is 40.5 Å². The lowest BCUT2D eigenvalue weighted by molar-refractivity contribution is -0.137. The summed E-state index contributed by atoms with van der Waals surface area (Å²) < 4.78 is 38.5. The van der Waals surface area contributed by atoms with Crippen LogP contribution >= 0.6 is 0 Å². The number of hydrogen-bond donors (Lipinski definition) is 1. The minimum atomic E-state index is -4.37. The summed E-state index contributed by atoms with van der Waals surface area (Å²) in [5.41, 5.74) is 1.82. The predicted molar refractivity (Wildman–Crippen MR) is 98.9 cm³/mol. The predicted octanol–water partition coefficient (Wildman–Crippen LogP) is 3.91. The Morgan fingerprint density at radius 2 is 1.93 bits per heavy atom. The monoisotopic (exact) mass is 401 g/mol. The Hall–Kier alpha value is -3.23. The minimum absolute atomic E-state index is 0.00386. The summed E-state index contributed by atoms with van der Waals surface area (Å²) in [6.07, 6.45) is 3.32. The first-order chi connectivity index (χ1) is 13.9. The number of alkyl halides is 3. The van der Waals surface area contributed by atoms with E-state index in [1.54, 1.807) is 11.1 Å². The number of aromatic nitrogens is 4. The second-order valence-electron chi connectivity index (χ2n) is 6.95. The van der Waals surface area contributed by atoms with E-state index in [9.17, 15) is 18.0 Å². The van der Waals surface area contributed by atoms with Crippen LogP contribution in [0.3, 0.4) is 0 Å². The van der Waals surface area contributed by atoms with E-state index in [-0.39, 0.29) is 11.8 Å². The first-order valence-corrected chi connectivity index (χ1v) is 9.19. The lowest BCUT2D eigenvalue weighted by atomic mass is 9.90. The van der Waals surface area contributed by atoms with Gasteiger partial charge in [0.1, 0.15) is 5.69 Å². The Morgan fingerprint density at radius 1 is 1.14 bits per heavy atom. The summed E-state index contributed by atoms with van der Waals surface area (Å²) in [6.45, 7) is 1.10. The molecule has 0 bridgehead atoms. The first kappa shape index (κ1) is 19.1. The molecule has 1 aromatic carbocycles. The second kappa shape index (κ2) is 7.65. The fraction of sp³-hybridized carbons (Fsp3) is 0.300. The van der Waals surface area contributed by atoms with Crippen molar-refractivity contribution < 1.29 is 18.0 Å². The van der Waals surface area contributed by atoms with Crippen LogP contribution in [0.4, 0.5) is 13.2 Å². The lowest BCUT2D eigenvalue weighted by Crippen LogP contribution is -2.39. The molecule has 1 fully saturated rings. The molecule has 6 nitrogen and oxygen atoms in total. The van der Waals surface area contributed by atoms with Crippen molar-refractivity contribution in [2.24, 2.45) is 0 Å². The standard InChI is InChI=1S/C20H18F3N5O/c21-20(22,23)15-5-3-13(4-6-15)16-10-26-27-18(16)14-2-1-9-28(12-14)19(29)17-11-24-7-8-25-17/h3-8,10-11,14H,1-2,9,12H2,(H,26,27)/t14-/m0/s1. The highest BCUT2D eigenvalue weighted by atomic mass is 19.4. The number of hydrogen-bond acceptors (Lipinski definition) is 4. The fourth-order valence-electron chi connectivity index (χ4n) is 3.64. The molecular formula is C20H18F3N5O. The van der Waals surface area contributed by atoms with Crippen LogP contribution in [-0.2, 0) is 6.18 Å². The van der Waals surface area contributed by atoms with Gasteiger partial charge >= 0.3 is 6.18 Å². The zero-order chi connectivity index (χ0) is 20.4. The third-order valence-electron chi connectivity index (χ3n) is 5.09. The molecule has 2 aromatic heterocycles. The van der Waals surface area contributed by atoms with Crippen molar-refractivity contribution in [3.63, 3.8) is 0 Å². The Balaban J connectivity index is 1.55. The number of benzene rings is 1. The highest BCUT2D eigenvalue weighted by Gasteiger charge is 2.31. The number of aromatic amines is 1. The highest BCUT2D eigenvalue weighted by Crippen LogP contribution is 2.35. The molecule has 1 aliphatic rings. The van der Waals surface area contributed by atoms with Crippen LogP contribution in [0.15, 0.2) is 49.1 Å². The van der Waals surface area contributed by atoms with Gasteiger partial charge < -0.3 is 4.90 Å². The molecule has 1 aliphatic heterocycles. The molecule has 0 saturated carbocycles. The molecule has 29 heavy (non-hydrogen) atoms. The van der Waals surface area contributed by atoms with Crippen molar-refractivity contribution in [1.29, 1.82) is 0 Å². The van der Waals surface area contributed by atoms with Gasteiger partial charge in [0.15, 0.2) is 0 Å². The molecule has 1 N–H and O–H groups in total. The molecule has 4 rings (SSSR count). The average molecular weight is 401 g/mol. The third-order valence-corrected chi connectivity index (χ3v) is 5.09. The topological polar surface area (TPSA) is 74.8 Å². The number of likely N-dealkylation sites (tertiary alicyclic amines) is 1. The Kier molecular flexibility index (Phi) is 5.04. The maximum atomic E-state index is 12.8. The molecule has 1 atom stereocenters. The van der Waals surface area contributed by atoms with Crippen molar-refractivity contribution in [2.45, 2.75) is 24.9 Å². The van der Waals surface area contributed by atoms with E-state index >= 15 is 0 Å². The Bertz CT molecular complexity index is 985. The number of H-pyrrole nitrogens is 1. The summed E-state index contributed by atoms with van der Waals surface area (Å²) in [5, 5.41) is 7.08. The summed E-state index contributed by atoms with van der Waals surface area (Å²) in [4.78, 5) is 22.4. The fourth-order valence-corrected chi connectivity index (χ4v) is 3.64. The maximum absolute atomic E-state index is 12.8. The third kappa shape index (κ3) is 3.98. The van der Waals surface area contributed by atoms with Gasteiger partial charge in [-0.25, -0.2) is 4.98 Å². The van der Waals surface area contributed by atoms with Crippen molar-refractivity contribution in [3.05, 3.63) is 66.0 Å². The van der Waals surface area contributed by atoms with Gasteiger partial charge in [-0.15, -0.1) is 0 Å². The normalized spacial score (nSPS) is 17.3. The molecule has 0 unspecified atom stereocenters. The molecule has 1 saturated heterocycles. The molecule has 0 radical (unpaired) electrons. The number of amides is 1. The van der Waals surface area contributed by atoms with E-state index in [4.69, 9.17) is 0 Å². The van der Waals surface area contributed by atoms with Gasteiger partial charge in [-0.2, -0.15) is 18.3 Å². The van der Waals surface area contributed by atoms with Gasteiger partial charge in [0.05, 0.1) is 18.0 Å². The van der Waals surface area contributed by atoms with Gasteiger partial charge in [0, 0.05) is 42.7 Å². The molecule has 150 valence electrons. The van der Waals surface area contributed by atoms with Gasteiger partial charge in [0.25, 0.3) is 5.91 Å². The molecule has 0 spiro atoms. The van der Waals surface area contributed by atoms with Gasteiger partial charge in [-0.05, 0) is 30.5 Å². The zero-order valence-corrected chi connectivity index (χ0v) is 15.4. The van der Waals surface area contributed by atoms with Crippen molar-refractivity contribution in [1.82, 2.24) is 25.1 Å². The maximum Gasteiger partial charge on any atom is 0.416 e. The molecule has 0 aliphatic carbocycles. The van der Waals surface area contributed by atoms with Gasteiger partial charge in [-0.3, -0.25) is 14.9 Å². The molecule has 3 aromatic rings. The molecule has 9 heteroatoms. The average Bonchev–Trinajstić information content (AvgIpc) is 3.23. The van der Waals surface area contributed by atoms with Crippen LogP contribution in [0.2, 0.25) is 0 Å². The summed E-state index contributed by atoms with van der Waals surface area (Å²) >= 11 is 0. The van der Waals surface area contributed by atoms with Crippen LogP contribution in [-0.4, -0.2) is 44.1 Å². The number of nitrogens with zero attached hydrogens (tertiary/aromatic N) is 4. The number of halogens is 3. The van der Waals surface area contributed by atoms with E-state index in [0.717, 1.165) is 36.2 Å². The van der Waals surface area contributed by atoms with E-state index in [2.05, 4.69) is 20.2 Å². The number of carbonyl (C=O) groups excluding carboxylic acids is 1. The smallest absolute Gasteiger partial charge is 0.337 e. The van der Waals surface area contributed by atoms with E-state index < -0.39 is 11.7 Å². The molecule has 1 amide bonds. The Labute approximate surface area is 164 Å². The van der Waals surface area contributed by atoms with Crippen LogP contribution < -0.4 is 0 Å². The van der Waals surface area contributed by atoms with Crippen LogP contribution in [0.25, 0.3) is 11.1 Å². The summed E-state index contributed by atoms with van der Waals surface area (Å²) in [7, 11) is 0. The van der Waals surface area contributed by atoms with Crippen LogP contribution in [0.5, 0.6) is 0 Å². The highest BCUT2D eigenvalue weighted by molar-refractivity contribution is 5.92. The quantitative estimate of drug-likeness (QED) is 0.722. The molecular weight excluding hydrogens is 383 g/mol. The van der Waals surface area contributed by atoms with E-state index in [1.165, 1.54) is 30.7 Å². The van der Waals surface area contributed by atoms with Gasteiger partial charge in [-0.1, -0.05) is 12.1 Å². The second-order valence-corrected chi connectivity index (χ2v) is 6.95. The number of rotatable bonds is 3. The Morgan fingerprint density at radius 3 is 2.62 bits per heavy atom. The van der Waals surface area contributed by atoms with E-state index in [1.807, 2.05) is 0 Å². The minimum Gasteiger partial charge on any atom is -0.337 e. The van der Waals surface area contributed by atoms with Crippen molar-refractivity contribution >= 4 is 5.91 Å². The first-order valence-electron chi connectivity index (χ1n) is 9.19. The lowest BCUT2D eigenvalue weighted by Gasteiger charge is -2.32. The van der Waals surface area contributed by atoms with Crippen LogP contribution in [0, 0.1) is 0 Å². The zero-order valence-electron chi connectivity index (χ0n) is 15.4. The largest absolute Gasteiger partial charge is 0.416 e. The van der Waals surface area contributed by atoms with Crippen molar-refractivity contribution in [2.75, 3.05) is 13.1 Å². The summed E-state index contributed by atoms with van der Waals surface area (Å²) in [6, 6.07) is 5.03. The number of carbonyl (C=O) groups is 1. The van der Waals surface area contributed by atoms with Gasteiger partial charge in [0.2, 0.25) is 0 Å². The van der Waals surface area contributed by atoms with E-state index in [0.29, 0.717) is 24.3 Å².